The Hall–Kier alpha value is -1.30. The number of nitrogens with zero attached hydrogens (tertiary/aromatic N) is 1. The molecule has 0 aliphatic heterocycles. The van der Waals surface area contributed by atoms with E-state index < -0.39 is 11.5 Å². The van der Waals surface area contributed by atoms with E-state index in [2.05, 4.69) is 5.32 Å². The van der Waals surface area contributed by atoms with Crippen molar-refractivity contribution in [3.8, 4) is 0 Å². The second-order valence-corrected chi connectivity index (χ2v) is 5.60. The average Bonchev–Trinajstić information content (AvgIpc) is 2.24. The molecule has 0 spiro atoms. The molecule has 112 valence electrons. The van der Waals surface area contributed by atoms with Gasteiger partial charge in [-0.25, -0.2) is 4.79 Å². The van der Waals surface area contributed by atoms with Crippen molar-refractivity contribution in [3.05, 3.63) is 0 Å². The van der Waals surface area contributed by atoms with Crippen LogP contribution in [-0.4, -0.2) is 53.8 Å². The molecule has 0 radical (unpaired) electrons. The number of methoxy groups -OCH3 is 1. The molecule has 0 bridgehead atoms. The molecule has 0 fully saturated rings. The Kier molecular flexibility index (Phi) is 7.44. The normalized spacial score (nSPS) is 12.9. The molecule has 0 aromatic heterocycles. The summed E-state index contributed by atoms with van der Waals surface area (Å²) in [5.74, 6) is -0.908. The average molecular weight is 274 g/mol. The van der Waals surface area contributed by atoms with Crippen LogP contribution in [0.5, 0.6) is 0 Å². The van der Waals surface area contributed by atoms with Crippen LogP contribution in [0.4, 0.5) is 4.79 Å². The van der Waals surface area contributed by atoms with Crippen molar-refractivity contribution < 1.29 is 19.4 Å². The van der Waals surface area contributed by atoms with E-state index in [4.69, 9.17) is 9.84 Å². The van der Waals surface area contributed by atoms with Gasteiger partial charge in [-0.1, -0.05) is 0 Å². The molecule has 1 unspecified atom stereocenters. The molecule has 0 aromatic rings. The van der Waals surface area contributed by atoms with Gasteiger partial charge in [0.1, 0.15) is 0 Å². The largest absolute Gasteiger partial charge is 0.481 e. The molecule has 6 heteroatoms. The smallest absolute Gasteiger partial charge is 0.318 e. The Labute approximate surface area is 115 Å². The summed E-state index contributed by atoms with van der Waals surface area (Å²) in [5, 5.41) is 11.6. The maximum absolute atomic E-state index is 12.2. The lowest BCUT2D eigenvalue weighted by molar-refractivity contribution is -0.137. The third-order valence-corrected chi connectivity index (χ3v) is 2.73. The minimum atomic E-state index is -0.908. The number of carboxylic acids is 1. The number of aliphatic carboxylic acids is 1. The first-order valence-electron chi connectivity index (χ1n) is 6.47. The Morgan fingerprint density at radius 3 is 2.37 bits per heavy atom. The number of urea groups is 1. The highest BCUT2D eigenvalue weighted by Crippen LogP contribution is 2.14. The number of hydrogen-bond acceptors (Lipinski definition) is 3. The molecule has 0 saturated carbocycles. The molecule has 0 aliphatic rings. The second-order valence-electron chi connectivity index (χ2n) is 5.60. The van der Waals surface area contributed by atoms with Gasteiger partial charge < -0.3 is 20.1 Å². The van der Waals surface area contributed by atoms with Gasteiger partial charge in [0, 0.05) is 31.8 Å². The van der Waals surface area contributed by atoms with Gasteiger partial charge in [-0.15, -0.1) is 0 Å². The molecule has 19 heavy (non-hydrogen) atoms. The number of carboxylic acid groups (broad SMARTS) is 1. The van der Waals surface area contributed by atoms with E-state index in [9.17, 15) is 9.59 Å². The van der Waals surface area contributed by atoms with Crippen LogP contribution in [0.2, 0.25) is 0 Å². The highest BCUT2D eigenvalue weighted by atomic mass is 16.5. The van der Waals surface area contributed by atoms with Crippen LogP contribution >= 0.6 is 0 Å². The SMILES string of the molecule is COCCC(C)NC(=O)N(CCC(=O)O)C(C)(C)C. The number of amides is 2. The number of hydrogen-bond donors (Lipinski definition) is 2. The standard InChI is InChI=1S/C13H26N2O4/c1-10(7-9-19-5)14-12(18)15(13(2,3)4)8-6-11(16)17/h10H,6-9H2,1-5H3,(H,14,18)(H,16,17). The summed E-state index contributed by atoms with van der Waals surface area (Å²) in [7, 11) is 1.61. The summed E-state index contributed by atoms with van der Waals surface area (Å²) in [4.78, 5) is 24.3. The minimum Gasteiger partial charge on any atom is -0.481 e. The third kappa shape index (κ3) is 7.66. The zero-order valence-corrected chi connectivity index (χ0v) is 12.5. The number of ether oxygens (including phenoxy) is 1. The van der Waals surface area contributed by atoms with Gasteiger partial charge in [0.05, 0.1) is 6.42 Å². The van der Waals surface area contributed by atoms with Crippen molar-refractivity contribution in [1.82, 2.24) is 10.2 Å². The fraction of sp³-hybridized carbons (Fsp3) is 0.846. The van der Waals surface area contributed by atoms with Gasteiger partial charge in [-0.05, 0) is 34.1 Å². The molecule has 0 rings (SSSR count). The molecule has 1 atom stereocenters. The van der Waals surface area contributed by atoms with Gasteiger partial charge in [0.2, 0.25) is 0 Å². The quantitative estimate of drug-likeness (QED) is 0.740. The molecule has 2 N–H and O–H groups in total. The molecule has 2 amide bonds. The molecule has 0 saturated heterocycles. The van der Waals surface area contributed by atoms with Crippen LogP contribution in [0.3, 0.4) is 0 Å². The van der Waals surface area contributed by atoms with E-state index in [0.717, 1.165) is 6.42 Å². The van der Waals surface area contributed by atoms with Crippen molar-refractivity contribution in [1.29, 1.82) is 0 Å². The number of rotatable bonds is 7. The first kappa shape index (κ1) is 17.7. The Bertz CT molecular complexity index is 300. The predicted octanol–water partition coefficient (Wildman–Crippen LogP) is 1.70. The fourth-order valence-corrected chi connectivity index (χ4v) is 1.60. The minimum absolute atomic E-state index is 0.0119. The molecule has 0 heterocycles. The molecule has 6 nitrogen and oxygen atoms in total. The Morgan fingerprint density at radius 1 is 1.37 bits per heavy atom. The molecule has 0 aromatic carbocycles. The van der Waals surface area contributed by atoms with Crippen LogP contribution in [-0.2, 0) is 9.53 Å². The summed E-state index contributed by atoms with van der Waals surface area (Å²) in [5.41, 5.74) is -0.416. The van der Waals surface area contributed by atoms with Crippen LogP contribution < -0.4 is 5.32 Å². The molecule has 0 aliphatic carbocycles. The summed E-state index contributed by atoms with van der Waals surface area (Å²) in [6, 6.07) is -0.250. The van der Waals surface area contributed by atoms with Crippen LogP contribution in [0.25, 0.3) is 0 Å². The second kappa shape index (κ2) is 7.99. The van der Waals surface area contributed by atoms with Crippen LogP contribution in [0, 0.1) is 0 Å². The van der Waals surface area contributed by atoms with Crippen molar-refractivity contribution in [3.63, 3.8) is 0 Å². The van der Waals surface area contributed by atoms with Gasteiger partial charge in [-0.2, -0.15) is 0 Å². The van der Waals surface area contributed by atoms with E-state index in [0.29, 0.717) is 6.61 Å². The zero-order valence-electron chi connectivity index (χ0n) is 12.5. The summed E-state index contributed by atoms with van der Waals surface area (Å²) in [6.07, 6.45) is 0.663. The van der Waals surface area contributed by atoms with E-state index in [-0.39, 0.29) is 25.0 Å². The van der Waals surface area contributed by atoms with Crippen molar-refractivity contribution in [2.75, 3.05) is 20.3 Å². The van der Waals surface area contributed by atoms with E-state index in [1.807, 2.05) is 27.7 Å². The van der Waals surface area contributed by atoms with Crippen molar-refractivity contribution >= 4 is 12.0 Å². The summed E-state index contributed by atoms with van der Waals surface area (Å²) >= 11 is 0. The highest BCUT2D eigenvalue weighted by molar-refractivity contribution is 5.76. The third-order valence-electron chi connectivity index (χ3n) is 2.73. The van der Waals surface area contributed by atoms with Gasteiger partial charge in [0.25, 0.3) is 0 Å². The topological polar surface area (TPSA) is 78.9 Å². The maximum atomic E-state index is 12.2. The van der Waals surface area contributed by atoms with Gasteiger partial charge in [0.15, 0.2) is 0 Å². The fourth-order valence-electron chi connectivity index (χ4n) is 1.60. The lowest BCUT2D eigenvalue weighted by Gasteiger charge is -2.36. The van der Waals surface area contributed by atoms with Crippen molar-refractivity contribution in [2.24, 2.45) is 0 Å². The summed E-state index contributed by atoms with van der Waals surface area (Å²) < 4.78 is 4.96. The lowest BCUT2D eigenvalue weighted by atomic mass is 10.1. The van der Waals surface area contributed by atoms with Crippen LogP contribution in [0.15, 0.2) is 0 Å². The van der Waals surface area contributed by atoms with Gasteiger partial charge in [-0.3, -0.25) is 4.79 Å². The number of carbonyl (C=O) groups excluding carboxylic acids is 1. The Balaban J connectivity index is 4.50. The number of carbonyl (C=O) groups is 2. The first-order chi connectivity index (χ1) is 8.68. The summed E-state index contributed by atoms with van der Waals surface area (Å²) in [6.45, 7) is 8.32. The van der Waals surface area contributed by atoms with Gasteiger partial charge >= 0.3 is 12.0 Å². The predicted molar refractivity (Wildman–Crippen MR) is 73.2 cm³/mol. The Morgan fingerprint density at radius 2 is 1.95 bits per heavy atom. The monoisotopic (exact) mass is 274 g/mol. The van der Waals surface area contributed by atoms with Crippen molar-refractivity contribution in [2.45, 2.75) is 52.1 Å². The highest BCUT2D eigenvalue weighted by Gasteiger charge is 2.27. The van der Waals surface area contributed by atoms with E-state index in [1.165, 1.54) is 0 Å². The number of nitrogens with one attached hydrogen (secondary N) is 1. The van der Waals surface area contributed by atoms with Crippen LogP contribution in [0.1, 0.15) is 40.5 Å². The molecular formula is C13H26N2O4. The van der Waals surface area contributed by atoms with E-state index in [1.54, 1.807) is 12.0 Å². The molecular weight excluding hydrogens is 248 g/mol. The lowest BCUT2D eigenvalue weighted by Crippen LogP contribution is -2.53. The van der Waals surface area contributed by atoms with E-state index >= 15 is 0 Å². The maximum Gasteiger partial charge on any atom is 0.318 e. The zero-order chi connectivity index (χ0) is 15.1. The first-order valence-corrected chi connectivity index (χ1v) is 6.47.